The number of nitrogens with one attached hydrogen (secondary N) is 1. The first-order valence-corrected chi connectivity index (χ1v) is 13.0. The van der Waals surface area contributed by atoms with Crippen LogP contribution in [0.3, 0.4) is 0 Å². The number of nitrogens with two attached hydrogens (primary N) is 1. The molecule has 7 rings (SSSR count). The number of benzene rings is 1. The van der Waals surface area contributed by atoms with E-state index in [2.05, 4.69) is 14.9 Å². The number of carbonyl (C=O) groups is 3. The van der Waals surface area contributed by atoms with Gasteiger partial charge in [0.1, 0.15) is 5.65 Å². The van der Waals surface area contributed by atoms with Crippen molar-refractivity contribution in [1.29, 1.82) is 0 Å². The summed E-state index contributed by atoms with van der Waals surface area (Å²) in [6.45, 7) is 3.13. The smallest absolute Gasteiger partial charge is 0.320 e. The molecule has 0 spiro atoms. The number of fused-ring (bicyclic) bond motifs is 1. The van der Waals surface area contributed by atoms with E-state index in [-0.39, 0.29) is 11.6 Å². The van der Waals surface area contributed by atoms with Gasteiger partial charge in [-0.05, 0) is 49.1 Å². The van der Waals surface area contributed by atoms with Gasteiger partial charge < -0.3 is 20.1 Å². The molecule has 4 amide bonds. The topological polar surface area (TPSA) is 118 Å². The summed E-state index contributed by atoms with van der Waals surface area (Å²) >= 11 is 0. The van der Waals surface area contributed by atoms with Crippen molar-refractivity contribution in [2.24, 2.45) is 0 Å². The van der Waals surface area contributed by atoms with Crippen molar-refractivity contribution in [2.75, 3.05) is 25.4 Å². The van der Waals surface area contributed by atoms with Crippen LogP contribution in [-0.2, 0) is 22.7 Å². The maximum atomic E-state index is 13.3. The normalized spacial score (nSPS) is 18.0. The number of nitrogen functional groups attached to an aromatic ring is 1. The fourth-order valence-corrected chi connectivity index (χ4v) is 6.09. The highest BCUT2D eigenvalue weighted by molar-refractivity contribution is 6.49. The number of pyridine rings is 1. The number of piperidine rings is 1. The second-order valence-corrected chi connectivity index (χ2v) is 10.2. The Kier molecular flexibility index (Phi) is 5.04. The quantitative estimate of drug-likeness (QED) is 0.318. The van der Waals surface area contributed by atoms with Gasteiger partial charge in [0.2, 0.25) is 0 Å². The van der Waals surface area contributed by atoms with Crippen LogP contribution in [0, 0.1) is 0 Å². The molecule has 3 aliphatic rings. The maximum Gasteiger partial charge on any atom is 0.320 e. The molecule has 10 heteroatoms. The predicted octanol–water partition coefficient (Wildman–Crippen LogP) is 2.86. The van der Waals surface area contributed by atoms with Gasteiger partial charge in [0.15, 0.2) is 0 Å². The van der Waals surface area contributed by atoms with E-state index < -0.39 is 11.8 Å². The van der Waals surface area contributed by atoms with Crippen LogP contribution in [0.4, 0.5) is 10.5 Å². The number of imide groups is 1. The zero-order valence-corrected chi connectivity index (χ0v) is 20.8. The summed E-state index contributed by atoms with van der Waals surface area (Å²) in [6.07, 6.45) is 8.60. The molecular weight excluding hydrogens is 482 g/mol. The van der Waals surface area contributed by atoms with Crippen LogP contribution in [0.15, 0.2) is 48.9 Å². The molecule has 3 aromatic heterocycles. The number of amides is 4. The van der Waals surface area contributed by atoms with Crippen molar-refractivity contribution >= 4 is 51.2 Å². The zero-order chi connectivity index (χ0) is 26.0. The highest BCUT2D eigenvalue weighted by atomic mass is 16.2. The summed E-state index contributed by atoms with van der Waals surface area (Å²) in [5.41, 5.74) is 11.2. The monoisotopic (exact) mass is 509 g/mol. The van der Waals surface area contributed by atoms with Crippen molar-refractivity contribution in [1.82, 2.24) is 29.1 Å². The molecule has 0 atom stereocenters. The van der Waals surface area contributed by atoms with Gasteiger partial charge in [-0.25, -0.2) is 9.78 Å². The van der Waals surface area contributed by atoms with E-state index >= 15 is 0 Å². The Morgan fingerprint density at radius 1 is 0.947 bits per heavy atom. The van der Waals surface area contributed by atoms with Gasteiger partial charge in [0.25, 0.3) is 11.8 Å². The number of imidazole rings is 1. The van der Waals surface area contributed by atoms with Crippen LogP contribution in [0.1, 0.15) is 36.1 Å². The predicted molar refractivity (Wildman–Crippen MR) is 143 cm³/mol. The number of urea groups is 1. The number of anilines is 1. The number of likely N-dealkylation sites (tertiary alicyclic amines) is 1. The van der Waals surface area contributed by atoms with E-state index in [1.807, 2.05) is 52.5 Å². The number of hydrogen-bond donors (Lipinski definition) is 2. The molecular formula is C28H27N7O3. The van der Waals surface area contributed by atoms with E-state index in [0.29, 0.717) is 47.8 Å². The summed E-state index contributed by atoms with van der Waals surface area (Å²) in [4.78, 5) is 47.9. The minimum absolute atomic E-state index is 0.0598. The summed E-state index contributed by atoms with van der Waals surface area (Å²) in [6, 6.07) is 9.39. The Balaban J connectivity index is 1.37. The first kappa shape index (κ1) is 22.6. The molecule has 38 heavy (non-hydrogen) atoms. The number of carbonyl (C=O) groups excluding carboxylic acids is 3. The molecule has 6 heterocycles. The molecule has 1 saturated heterocycles. The molecule has 3 aliphatic heterocycles. The van der Waals surface area contributed by atoms with Crippen molar-refractivity contribution in [2.45, 2.75) is 32.4 Å². The van der Waals surface area contributed by atoms with Gasteiger partial charge in [0.05, 0.1) is 28.6 Å². The standard InChI is InChI=1S/C28H27N7O3/c29-18-12-17-15-34(28(38)32-7-3-1-4-8-32)11-10-33-16-20(19(13-18)25(17)33)23-24(27(37)31-26(23)36)21-14-30-22-6-2-5-9-35(21)22/h2,5-6,9,12-14,16H,1,3-4,7-8,10-11,15,29H2,(H,31,36,37). The SMILES string of the molecule is Nc1cc2c3c(c1)c(C1=C(c4cnc5ccccn45)C(=O)NC1=O)cn3CCN(C(=O)N1CCCCC1)C2. The highest BCUT2D eigenvalue weighted by Crippen LogP contribution is 2.39. The van der Waals surface area contributed by atoms with E-state index in [0.717, 1.165) is 48.8 Å². The van der Waals surface area contributed by atoms with Gasteiger partial charge in [-0.3, -0.25) is 19.3 Å². The van der Waals surface area contributed by atoms with Gasteiger partial charge >= 0.3 is 6.03 Å². The second-order valence-electron chi connectivity index (χ2n) is 10.2. The molecule has 0 saturated carbocycles. The van der Waals surface area contributed by atoms with Crippen LogP contribution in [0.2, 0.25) is 0 Å². The molecule has 3 N–H and O–H groups in total. The molecule has 0 aliphatic carbocycles. The largest absolute Gasteiger partial charge is 0.399 e. The molecule has 0 bridgehead atoms. The highest BCUT2D eigenvalue weighted by Gasteiger charge is 2.36. The third-order valence-electron chi connectivity index (χ3n) is 7.82. The van der Waals surface area contributed by atoms with Crippen LogP contribution in [0.25, 0.3) is 27.7 Å². The first-order chi connectivity index (χ1) is 18.5. The number of hydrogen-bond acceptors (Lipinski definition) is 5. The lowest BCUT2D eigenvalue weighted by Gasteiger charge is -2.32. The molecule has 0 unspecified atom stereocenters. The fourth-order valence-electron chi connectivity index (χ4n) is 6.09. The third-order valence-corrected chi connectivity index (χ3v) is 7.82. The Labute approximate surface area is 218 Å². The Morgan fingerprint density at radius 2 is 1.76 bits per heavy atom. The molecule has 10 nitrogen and oxygen atoms in total. The van der Waals surface area contributed by atoms with Crippen molar-refractivity contribution in [3.8, 4) is 0 Å². The van der Waals surface area contributed by atoms with E-state index in [1.54, 1.807) is 10.6 Å². The average molecular weight is 510 g/mol. The zero-order valence-electron chi connectivity index (χ0n) is 20.8. The van der Waals surface area contributed by atoms with Crippen LogP contribution in [-0.4, -0.2) is 61.2 Å². The maximum absolute atomic E-state index is 13.3. The van der Waals surface area contributed by atoms with Crippen LogP contribution < -0.4 is 11.1 Å². The Bertz CT molecular complexity index is 1690. The lowest BCUT2D eigenvalue weighted by molar-refractivity contribution is -0.122. The minimum Gasteiger partial charge on any atom is -0.399 e. The number of rotatable bonds is 2. The van der Waals surface area contributed by atoms with Crippen LogP contribution >= 0.6 is 0 Å². The molecule has 1 aromatic carbocycles. The summed E-state index contributed by atoms with van der Waals surface area (Å²) in [7, 11) is 0. The molecule has 192 valence electrons. The second kappa shape index (κ2) is 8.47. The Morgan fingerprint density at radius 3 is 2.61 bits per heavy atom. The van der Waals surface area contributed by atoms with Gasteiger partial charge in [-0.2, -0.15) is 0 Å². The van der Waals surface area contributed by atoms with E-state index in [9.17, 15) is 14.4 Å². The third kappa shape index (κ3) is 3.40. The van der Waals surface area contributed by atoms with Crippen molar-refractivity contribution < 1.29 is 14.4 Å². The Hall–Kier alpha value is -4.60. The molecule has 4 aromatic rings. The number of aromatic nitrogens is 3. The van der Waals surface area contributed by atoms with Gasteiger partial charge in [-0.1, -0.05) is 6.07 Å². The van der Waals surface area contributed by atoms with Crippen molar-refractivity contribution in [3.63, 3.8) is 0 Å². The van der Waals surface area contributed by atoms with Crippen LogP contribution in [0.5, 0.6) is 0 Å². The lowest BCUT2D eigenvalue weighted by Crippen LogP contribution is -2.45. The summed E-state index contributed by atoms with van der Waals surface area (Å²) in [5, 5.41) is 3.27. The van der Waals surface area contributed by atoms with E-state index in [4.69, 9.17) is 5.73 Å². The number of nitrogens with zero attached hydrogens (tertiary/aromatic N) is 5. The molecule has 0 radical (unpaired) electrons. The van der Waals surface area contributed by atoms with Gasteiger partial charge in [-0.15, -0.1) is 0 Å². The minimum atomic E-state index is -0.453. The van der Waals surface area contributed by atoms with Gasteiger partial charge in [0, 0.05) is 61.8 Å². The average Bonchev–Trinajstić information content (AvgIpc) is 3.54. The van der Waals surface area contributed by atoms with Crippen molar-refractivity contribution in [3.05, 3.63) is 65.7 Å². The fraction of sp³-hybridized carbons (Fsp3) is 0.286. The summed E-state index contributed by atoms with van der Waals surface area (Å²) in [5.74, 6) is -0.899. The van der Waals surface area contributed by atoms with E-state index in [1.165, 1.54) is 0 Å². The molecule has 1 fully saturated rings. The summed E-state index contributed by atoms with van der Waals surface area (Å²) < 4.78 is 3.89. The first-order valence-electron chi connectivity index (χ1n) is 13.0. The lowest BCUT2D eigenvalue weighted by atomic mass is 9.97.